The van der Waals surface area contributed by atoms with E-state index in [1.54, 1.807) is 42.5 Å². The van der Waals surface area contributed by atoms with Crippen LogP contribution in [0.3, 0.4) is 0 Å². The summed E-state index contributed by atoms with van der Waals surface area (Å²) in [6.07, 6.45) is 6.59. The van der Waals surface area contributed by atoms with Gasteiger partial charge in [0.05, 0.1) is 23.1 Å². The van der Waals surface area contributed by atoms with Crippen LogP contribution in [0.25, 0.3) is 11.0 Å². The number of hydrogen-bond donors (Lipinski definition) is 3. The second kappa shape index (κ2) is 10.6. The molecule has 178 valence electrons. The Kier molecular flexibility index (Phi) is 6.89. The number of piperidine rings is 1. The molecule has 9 nitrogen and oxygen atoms in total. The van der Waals surface area contributed by atoms with Crippen LogP contribution in [0, 0.1) is 5.92 Å². The number of hydrazine groups is 1. The number of imidazole rings is 1. The summed E-state index contributed by atoms with van der Waals surface area (Å²) in [7, 11) is 0. The number of benzene rings is 2. The van der Waals surface area contributed by atoms with E-state index in [0.29, 0.717) is 12.1 Å². The average molecular weight is 488 g/mol. The molecule has 0 radical (unpaired) electrons. The number of aromatic nitrogens is 4. The molecule has 1 saturated heterocycles. The summed E-state index contributed by atoms with van der Waals surface area (Å²) in [4.78, 5) is 43.5. The number of rotatable bonds is 6. The lowest BCUT2D eigenvalue weighted by Gasteiger charge is -2.32. The van der Waals surface area contributed by atoms with Crippen molar-refractivity contribution >= 4 is 40.4 Å². The van der Waals surface area contributed by atoms with Gasteiger partial charge in [-0.15, -0.1) is 0 Å². The van der Waals surface area contributed by atoms with Crippen LogP contribution in [0.2, 0.25) is 0 Å². The zero-order valence-corrected chi connectivity index (χ0v) is 19.8. The molecule has 5 rings (SSSR count). The van der Waals surface area contributed by atoms with Gasteiger partial charge in [-0.25, -0.2) is 9.97 Å². The zero-order chi connectivity index (χ0) is 24.0. The van der Waals surface area contributed by atoms with Gasteiger partial charge in [-0.3, -0.25) is 25.4 Å². The molecule has 0 spiro atoms. The van der Waals surface area contributed by atoms with Gasteiger partial charge in [0.1, 0.15) is 5.82 Å². The number of nitrogens with one attached hydrogen (secondary N) is 3. The van der Waals surface area contributed by atoms with Crippen LogP contribution in [0.5, 0.6) is 0 Å². The summed E-state index contributed by atoms with van der Waals surface area (Å²) in [5, 5.41) is 0.858. The minimum Gasteiger partial charge on any atom is -0.355 e. The van der Waals surface area contributed by atoms with Crippen LogP contribution < -0.4 is 15.8 Å². The van der Waals surface area contributed by atoms with Crippen LogP contribution in [-0.2, 0) is 10.5 Å². The Morgan fingerprint density at radius 2 is 1.94 bits per heavy atom. The molecule has 1 aliphatic rings. The van der Waals surface area contributed by atoms with Gasteiger partial charge < -0.3 is 9.88 Å². The van der Waals surface area contributed by atoms with Crippen LogP contribution in [0.15, 0.2) is 72.3 Å². The number of H-pyrrole nitrogens is 1. The monoisotopic (exact) mass is 487 g/mol. The van der Waals surface area contributed by atoms with Crippen molar-refractivity contribution in [2.24, 2.45) is 5.92 Å². The van der Waals surface area contributed by atoms with Crippen molar-refractivity contribution < 1.29 is 9.59 Å². The van der Waals surface area contributed by atoms with Crippen molar-refractivity contribution in [1.29, 1.82) is 0 Å². The summed E-state index contributed by atoms with van der Waals surface area (Å²) in [5.41, 5.74) is 8.62. The number of para-hydroxylation sites is 2. The van der Waals surface area contributed by atoms with E-state index in [-0.39, 0.29) is 17.7 Å². The molecule has 3 N–H and O–H groups in total. The SMILES string of the molecule is O=C(NNC(=O)[C@@H]1CCCN(c2cnccn2)C1)c1ccc(CSc2nc3ccccc3[nH]2)cc1. The third-order valence-electron chi connectivity index (χ3n) is 5.92. The number of anilines is 1. The highest BCUT2D eigenvalue weighted by Crippen LogP contribution is 2.23. The van der Waals surface area contributed by atoms with Crippen molar-refractivity contribution in [1.82, 2.24) is 30.8 Å². The number of carbonyl (C=O) groups excluding carboxylic acids is 2. The lowest BCUT2D eigenvalue weighted by Crippen LogP contribution is -2.49. The first-order valence-corrected chi connectivity index (χ1v) is 12.4. The molecule has 0 saturated carbocycles. The van der Waals surface area contributed by atoms with Gasteiger partial charge in [0.2, 0.25) is 5.91 Å². The van der Waals surface area contributed by atoms with Crippen LogP contribution in [0.1, 0.15) is 28.8 Å². The smallest absolute Gasteiger partial charge is 0.269 e. The van der Waals surface area contributed by atoms with Crippen molar-refractivity contribution in [3.8, 4) is 0 Å². The number of carbonyl (C=O) groups is 2. The summed E-state index contributed by atoms with van der Waals surface area (Å²) in [6, 6.07) is 15.3. The van der Waals surface area contributed by atoms with E-state index in [0.717, 1.165) is 52.7 Å². The Hall–Kier alpha value is -3.92. The number of aromatic amines is 1. The Morgan fingerprint density at radius 1 is 1.09 bits per heavy atom. The van der Waals surface area contributed by atoms with Crippen LogP contribution in [-0.4, -0.2) is 44.8 Å². The van der Waals surface area contributed by atoms with Crippen molar-refractivity contribution in [2.45, 2.75) is 23.8 Å². The second-order valence-electron chi connectivity index (χ2n) is 8.34. The molecule has 4 aromatic rings. The lowest BCUT2D eigenvalue weighted by molar-refractivity contribution is -0.126. The van der Waals surface area contributed by atoms with Gasteiger partial charge in [0.25, 0.3) is 5.91 Å². The minimum atomic E-state index is -0.351. The molecule has 1 atom stereocenters. The highest BCUT2D eigenvalue weighted by Gasteiger charge is 2.27. The third kappa shape index (κ3) is 5.60. The van der Waals surface area contributed by atoms with E-state index >= 15 is 0 Å². The van der Waals surface area contributed by atoms with E-state index in [9.17, 15) is 9.59 Å². The standard InChI is InChI=1S/C25H25N7O2S/c33-23(30-31-24(34)19-4-3-13-32(15-19)22-14-26-11-12-27-22)18-9-7-17(8-10-18)16-35-25-28-20-5-1-2-6-21(20)29-25/h1-2,5-12,14,19H,3-4,13,15-16H2,(H,28,29)(H,30,33)(H,31,34)/t19-/m1/s1. The summed E-state index contributed by atoms with van der Waals surface area (Å²) in [6.45, 7) is 1.37. The number of hydrogen-bond acceptors (Lipinski definition) is 7. The molecule has 0 bridgehead atoms. The Morgan fingerprint density at radius 3 is 2.74 bits per heavy atom. The van der Waals surface area contributed by atoms with Crippen LogP contribution in [0.4, 0.5) is 5.82 Å². The highest BCUT2D eigenvalue weighted by atomic mass is 32.2. The fraction of sp³-hybridized carbons (Fsp3) is 0.240. The number of nitrogens with zero attached hydrogens (tertiary/aromatic N) is 4. The zero-order valence-electron chi connectivity index (χ0n) is 19.0. The van der Waals surface area contributed by atoms with Crippen molar-refractivity contribution in [3.05, 3.63) is 78.2 Å². The van der Waals surface area contributed by atoms with Gasteiger partial charge in [-0.1, -0.05) is 36.0 Å². The normalized spacial score (nSPS) is 15.7. The maximum absolute atomic E-state index is 12.6. The lowest BCUT2D eigenvalue weighted by atomic mass is 9.97. The fourth-order valence-electron chi connectivity index (χ4n) is 4.05. The second-order valence-corrected chi connectivity index (χ2v) is 9.30. The molecule has 2 amide bonds. The quantitative estimate of drug-likeness (QED) is 0.282. The summed E-state index contributed by atoms with van der Waals surface area (Å²) < 4.78 is 0. The largest absolute Gasteiger partial charge is 0.355 e. The van der Waals surface area contributed by atoms with Gasteiger partial charge in [0.15, 0.2) is 5.16 Å². The summed E-state index contributed by atoms with van der Waals surface area (Å²) in [5.74, 6) is 0.696. The van der Waals surface area contributed by atoms with Crippen LogP contribution >= 0.6 is 11.8 Å². The molecule has 10 heteroatoms. The minimum absolute atomic E-state index is 0.203. The van der Waals surface area contributed by atoms with Gasteiger partial charge in [0, 0.05) is 36.8 Å². The topological polar surface area (TPSA) is 116 Å². The molecular weight excluding hydrogens is 462 g/mol. The third-order valence-corrected chi connectivity index (χ3v) is 6.87. The predicted octanol–water partition coefficient (Wildman–Crippen LogP) is 3.32. The highest BCUT2D eigenvalue weighted by molar-refractivity contribution is 7.98. The average Bonchev–Trinajstić information content (AvgIpc) is 3.34. The van der Waals surface area contributed by atoms with E-state index in [4.69, 9.17) is 0 Å². The molecular formula is C25H25N7O2S. The van der Waals surface area contributed by atoms with Crippen molar-refractivity contribution in [3.63, 3.8) is 0 Å². The van der Waals surface area contributed by atoms with Gasteiger partial charge in [-0.05, 0) is 42.7 Å². The number of thioether (sulfide) groups is 1. The Balaban J connectivity index is 1.10. The van der Waals surface area contributed by atoms with Gasteiger partial charge >= 0.3 is 0 Å². The maximum atomic E-state index is 12.6. The van der Waals surface area contributed by atoms with E-state index in [1.807, 2.05) is 41.3 Å². The number of fused-ring (bicyclic) bond motifs is 1. The Labute approximate surface area is 206 Å². The predicted molar refractivity (Wildman–Crippen MR) is 135 cm³/mol. The first kappa shape index (κ1) is 22.9. The van der Waals surface area contributed by atoms with E-state index in [1.165, 1.54) is 0 Å². The fourth-order valence-corrected chi connectivity index (χ4v) is 4.89. The molecule has 0 aliphatic carbocycles. The first-order chi connectivity index (χ1) is 17.2. The summed E-state index contributed by atoms with van der Waals surface area (Å²) >= 11 is 1.61. The maximum Gasteiger partial charge on any atom is 0.269 e. The van der Waals surface area contributed by atoms with Gasteiger partial charge in [-0.2, -0.15) is 0 Å². The van der Waals surface area contributed by atoms with Crippen molar-refractivity contribution in [2.75, 3.05) is 18.0 Å². The molecule has 1 fully saturated rings. The molecule has 2 aromatic heterocycles. The molecule has 3 heterocycles. The van der Waals surface area contributed by atoms with E-state index < -0.39 is 0 Å². The first-order valence-electron chi connectivity index (χ1n) is 11.4. The van der Waals surface area contributed by atoms with E-state index in [2.05, 4.69) is 30.8 Å². The molecule has 35 heavy (non-hydrogen) atoms. The Bertz CT molecular complexity index is 1280. The molecule has 1 aliphatic heterocycles. The number of amides is 2. The molecule has 0 unspecified atom stereocenters. The molecule has 2 aromatic carbocycles.